The molecule has 0 aliphatic carbocycles. The Bertz CT molecular complexity index is 467. The van der Waals surface area contributed by atoms with E-state index in [1.165, 1.54) is 12.1 Å². The maximum atomic E-state index is 13.0. The molecule has 4 heteroatoms. The van der Waals surface area contributed by atoms with E-state index in [1.807, 2.05) is 0 Å². The maximum absolute atomic E-state index is 13.0. The zero-order valence-corrected chi connectivity index (χ0v) is 11.6. The van der Waals surface area contributed by atoms with Crippen molar-refractivity contribution < 1.29 is 9.18 Å². The van der Waals surface area contributed by atoms with Gasteiger partial charge in [-0.1, -0.05) is 6.92 Å². The molecule has 0 unspecified atom stereocenters. The predicted molar refractivity (Wildman–Crippen MR) is 73.7 cm³/mol. The van der Waals surface area contributed by atoms with Gasteiger partial charge >= 0.3 is 0 Å². The molecule has 19 heavy (non-hydrogen) atoms. The molecule has 1 fully saturated rings. The van der Waals surface area contributed by atoms with Gasteiger partial charge in [0.15, 0.2) is 0 Å². The van der Waals surface area contributed by atoms with Gasteiger partial charge in [-0.25, -0.2) is 4.39 Å². The minimum Gasteiger partial charge on any atom is -0.351 e. The monoisotopic (exact) mass is 264 g/mol. The molecule has 1 aromatic rings. The normalized spacial score (nSPS) is 18.1. The van der Waals surface area contributed by atoms with Crippen LogP contribution in [0.4, 0.5) is 4.39 Å². The zero-order valence-electron chi connectivity index (χ0n) is 11.6. The van der Waals surface area contributed by atoms with E-state index in [9.17, 15) is 9.18 Å². The van der Waals surface area contributed by atoms with E-state index in [4.69, 9.17) is 0 Å². The van der Waals surface area contributed by atoms with Crippen LogP contribution in [0.2, 0.25) is 0 Å². The number of hydrogen-bond acceptors (Lipinski definition) is 2. The highest BCUT2D eigenvalue weighted by Gasteiger charge is 2.27. The third kappa shape index (κ3) is 3.53. The number of amides is 1. The summed E-state index contributed by atoms with van der Waals surface area (Å²) < 4.78 is 13.0. The van der Waals surface area contributed by atoms with Gasteiger partial charge in [-0.05, 0) is 62.0 Å². The topological polar surface area (TPSA) is 41.1 Å². The smallest absolute Gasteiger partial charge is 0.251 e. The molecule has 1 aliphatic rings. The van der Waals surface area contributed by atoms with Gasteiger partial charge in [0.05, 0.1) is 0 Å². The summed E-state index contributed by atoms with van der Waals surface area (Å²) >= 11 is 0. The van der Waals surface area contributed by atoms with E-state index in [0.29, 0.717) is 17.7 Å². The Morgan fingerprint density at radius 3 is 2.74 bits per heavy atom. The first-order chi connectivity index (χ1) is 9.00. The largest absolute Gasteiger partial charge is 0.351 e. The molecule has 1 amide bonds. The summed E-state index contributed by atoms with van der Waals surface area (Å²) in [6.07, 6.45) is 2.13. The fourth-order valence-corrected chi connectivity index (χ4v) is 2.48. The van der Waals surface area contributed by atoms with Gasteiger partial charge in [0.2, 0.25) is 0 Å². The van der Waals surface area contributed by atoms with Crippen molar-refractivity contribution in [3.8, 4) is 0 Å². The van der Waals surface area contributed by atoms with Crippen LogP contribution >= 0.6 is 0 Å². The van der Waals surface area contributed by atoms with Crippen LogP contribution in [0.1, 0.15) is 35.7 Å². The van der Waals surface area contributed by atoms with Gasteiger partial charge in [-0.3, -0.25) is 4.79 Å². The molecule has 1 aliphatic heterocycles. The van der Waals surface area contributed by atoms with E-state index in [1.54, 1.807) is 13.0 Å². The Morgan fingerprint density at radius 1 is 1.42 bits per heavy atom. The molecule has 1 saturated heterocycles. The molecular formula is C15H21FN2O. The number of carbonyl (C=O) groups excluding carboxylic acids is 1. The van der Waals surface area contributed by atoms with Gasteiger partial charge in [0.1, 0.15) is 5.82 Å². The molecular weight excluding hydrogens is 243 g/mol. The number of piperidine rings is 1. The number of nitrogens with one attached hydrogen (secondary N) is 2. The average molecular weight is 264 g/mol. The summed E-state index contributed by atoms with van der Waals surface area (Å²) in [7, 11) is 0. The number of benzene rings is 1. The lowest BCUT2D eigenvalue weighted by atomic mass is 9.81. The summed E-state index contributed by atoms with van der Waals surface area (Å²) in [5, 5.41) is 6.30. The minimum atomic E-state index is -0.306. The van der Waals surface area contributed by atoms with Crippen molar-refractivity contribution >= 4 is 5.91 Å². The van der Waals surface area contributed by atoms with Crippen molar-refractivity contribution in [3.63, 3.8) is 0 Å². The van der Waals surface area contributed by atoms with Gasteiger partial charge in [-0.15, -0.1) is 0 Å². The van der Waals surface area contributed by atoms with Crippen molar-refractivity contribution in [1.29, 1.82) is 0 Å². The summed E-state index contributed by atoms with van der Waals surface area (Å²) in [4.78, 5) is 12.1. The summed E-state index contributed by atoms with van der Waals surface area (Å²) in [6.45, 7) is 6.63. The molecule has 104 valence electrons. The van der Waals surface area contributed by atoms with Gasteiger partial charge in [0.25, 0.3) is 5.91 Å². The molecule has 0 radical (unpaired) electrons. The molecule has 0 aromatic heterocycles. The van der Waals surface area contributed by atoms with E-state index in [2.05, 4.69) is 17.6 Å². The fourth-order valence-electron chi connectivity index (χ4n) is 2.48. The number of hydrogen-bond donors (Lipinski definition) is 2. The van der Waals surface area contributed by atoms with Crippen LogP contribution in [0.5, 0.6) is 0 Å². The first-order valence-electron chi connectivity index (χ1n) is 6.75. The molecule has 0 saturated carbocycles. The lowest BCUT2D eigenvalue weighted by molar-refractivity contribution is 0.0921. The van der Waals surface area contributed by atoms with Crippen LogP contribution in [0.25, 0.3) is 0 Å². The number of rotatable bonds is 3. The Hall–Kier alpha value is -1.42. The van der Waals surface area contributed by atoms with Crippen molar-refractivity contribution in [2.45, 2.75) is 26.7 Å². The third-order valence-corrected chi connectivity index (χ3v) is 3.92. The molecule has 2 rings (SSSR count). The summed E-state index contributed by atoms with van der Waals surface area (Å²) in [5.74, 6) is -0.420. The number of aryl methyl sites for hydroxylation is 1. The Labute approximate surface area is 113 Å². The second-order valence-corrected chi connectivity index (χ2v) is 5.70. The Kier molecular flexibility index (Phi) is 4.20. The average Bonchev–Trinajstić information content (AvgIpc) is 2.37. The lowest BCUT2D eigenvalue weighted by Crippen LogP contribution is -2.43. The quantitative estimate of drug-likeness (QED) is 0.879. The SMILES string of the molecule is Cc1cc(F)ccc1C(=O)NCC1(C)CCNCC1. The number of halogens is 1. The summed E-state index contributed by atoms with van der Waals surface area (Å²) in [5.41, 5.74) is 1.39. The first-order valence-corrected chi connectivity index (χ1v) is 6.75. The van der Waals surface area contributed by atoms with E-state index >= 15 is 0 Å². The van der Waals surface area contributed by atoms with Crippen LogP contribution in [-0.2, 0) is 0 Å². The van der Waals surface area contributed by atoms with Crippen LogP contribution in [0.15, 0.2) is 18.2 Å². The predicted octanol–water partition coefficient (Wildman–Crippen LogP) is 2.25. The molecule has 1 heterocycles. The lowest BCUT2D eigenvalue weighted by Gasteiger charge is -2.34. The first kappa shape index (κ1) is 14.0. The van der Waals surface area contributed by atoms with Crippen LogP contribution < -0.4 is 10.6 Å². The molecule has 3 nitrogen and oxygen atoms in total. The highest BCUT2D eigenvalue weighted by molar-refractivity contribution is 5.95. The van der Waals surface area contributed by atoms with Gasteiger partial charge < -0.3 is 10.6 Å². The molecule has 1 aromatic carbocycles. The van der Waals surface area contributed by atoms with E-state index < -0.39 is 0 Å². The van der Waals surface area contributed by atoms with Crippen LogP contribution in [0, 0.1) is 18.2 Å². The van der Waals surface area contributed by atoms with Crippen LogP contribution in [0.3, 0.4) is 0 Å². The second-order valence-electron chi connectivity index (χ2n) is 5.70. The van der Waals surface area contributed by atoms with E-state index in [-0.39, 0.29) is 17.1 Å². The molecule has 0 spiro atoms. The zero-order chi connectivity index (χ0) is 13.9. The van der Waals surface area contributed by atoms with Crippen molar-refractivity contribution in [1.82, 2.24) is 10.6 Å². The van der Waals surface area contributed by atoms with Crippen molar-refractivity contribution in [2.24, 2.45) is 5.41 Å². The van der Waals surface area contributed by atoms with Crippen molar-refractivity contribution in [2.75, 3.05) is 19.6 Å². The third-order valence-electron chi connectivity index (χ3n) is 3.92. The molecule has 0 atom stereocenters. The van der Waals surface area contributed by atoms with Crippen LogP contribution in [-0.4, -0.2) is 25.5 Å². The molecule has 0 bridgehead atoms. The van der Waals surface area contributed by atoms with Gasteiger partial charge in [0, 0.05) is 12.1 Å². The highest BCUT2D eigenvalue weighted by Crippen LogP contribution is 2.26. The molecule has 2 N–H and O–H groups in total. The Morgan fingerprint density at radius 2 is 2.11 bits per heavy atom. The second kappa shape index (κ2) is 5.70. The van der Waals surface area contributed by atoms with Crippen molar-refractivity contribution in [3.05, 3.63) is 35.1 Å². The minimum absolute atomic E-state index is 0.114. The fraction of sp³-hybridized carbons (Fsp3) is 0.533. The number of carbonyl (C=O) groups is 1. The standard InChI is InChI=1S/C15H21FN2O/c1-11-9-12(16)3-4-13(11)14(19)18-10-15(2)5-7-17-8-6-15/h3-4,9,17H,5-8,10H2,1-2H3,(H,18,19). The summed E-state index contributed by atoms with van der Waals surface area (Å²) in [6, 6.07) is 4.26. The highest BCUT2D eigenvalue weighted by atomic mass is 19.1. The maximum Gasteiger partial charge on any atom is 0.251 e. The van der Waals surface area contributed by atoms with E-state index in [0.717, 1.165) is 25.9 Å². The van der Waals surface area contributed by atoms with Gasteiger partial charge in [-0.2, -0.15) is 0 Å². The Balaban J connectivity index is 1.97.